The lowest BCUT2D eigenvalue weighted by Crippen LogP contribution is -2.25. The van der Waals surface area contributed by atoms with Crippen LogP contribution < -0.4 is 10.1 Å². The number of nitrogens with one attached hydrogen (secondary N) is 2. The summed E-state index contributed by atoms with van der Waals surface area (Å²) in [5, 5.41) is 9.52. The van der Waals surface area contributed by atoms with E-state index in [0.29, 0.717) is 10.6 Å². The Bertz CT molecular complexity index is 1170. The van der Waals surface area contributed by atoms with Crippen molar-refractivity contribution in [3.8, 4) is 17.1 Å². The summed E-state index contributed by atoms with van der Waals surface area (Å²) >= 11 is 5.27. The summed E-state index contributed by atoms with van der Waals surface area (Å²) in [7, 11) is 0. The number of benzene rings is 2. The second-order valence-electron chi connectivity index (χ2n) is 7.88. The number of ether oxygens (including phenoxy) is 1. The molecule has 0 aliphatic heterocycles. The molecule has 3 rings (SSSR count). The number of nitrogens with zero attached hydrogens (tertiary/aromatic N) is 2. The Kier molecular flexibility index (Phi) is 7.57. The van der Waals surface area contributed by atoms with Crippen molar-refractivity contribution in [3.63, 3.8) is 0 Å². The van der Waals surface area contributed by atoms with E-state index >= 15 is 0 Å². The third-order valence-electron chi connectivity index (χ3n) is 4.87. The number of aromatic nitrogens is 3. The van der Waals surface area contributed by atoms with Gasteiger partial charge >= 0.3 is 6.18 Å². The molecule has 33 heavy (non-hydrogen) atoms. The SMILES string of the molecule is Cc1ccc(-c2n[nH]c(=S)n2CCC(=O)NCc2ccc(OC(C)C)cc2C(F)(F)F)cc1. The van der Waals surface area contributed by atoms with Crippen LogP contribution in [0, 0.1) is 11.7 Å². The van der Waals surface area contributed by atoms with E-state index in [1.807, 2.05) is 31.2 Å². The fraction of sp³-hybridized carbons (Fsp3) is 0.348. The molecule has 0 unspecified atom stereocenters. The molecule has 0 aliphatic rings. The molecule has 0 radical (unpaired) electrons. The maximum absolute atomic E-state index is 13.5. The van der Waals surface area contributed by atoms with Crippen LogP contribution in [-0.2, 0) is 24.1 Å². The lowest BCUT2D eigenvalue weighted by molar-refractivity contribution is -0.138. The van der Waals surface area contributed by atoms with Crippen molar-refractivity contribution in [3.05, 3.63) is 63.9 Å². The summed E-state index contributed by atoms with van der Waals surface area (Å²) in [4.78, 5) is 12.4. The van der Waals surface area contributed by atoms with E-state index in [-0.39, 0.29) is 36.9 Å². The van der Waals surface area contributed by atoms with Crippen LogP contribution in [0.4, 0.5) is 13.2 Å². The minimum Gasteiger partial charge on any atom is -0.491 e. The van der Waals surface area contributed by atoms with E-state index in [2.05, 4.69) is 15.5 Å². The molecule has 0 aliphatic carbocycles. The normalized spacial score (nSPS) is 11.6. The van der Waals surface area contributed by atoms with Gasteiger partial charge in [0.05, 0.1) is 11.7 Å². The molecule has 1 heterocycles. The number of aryl methyl sites for hydroxylation is 1. The molecule has 0 fully saturated rings. The molecule has 0 saturated heterocycles. The van der Waals surface area contributed by atoms with Crippen molar-refractivity contribution in [2.45, 2.75) is 52.6 Å². The second-order valence-corrected chi connectivity index (χ2v) is 8.27. The Morgan fingerprint density at radius 3 is 2.55 bits per heavy atom. The summed E-state index contributed by atoms with van der Waals surface area (Å²) in [6.45, 7) is 5.42. The van der Waals surface area contributed by atoms with Crippen molar-refractivity contribution in [2.75, 3.05) is 0 Å². The summed E-state index contributed by atoms with van der Waals surface area (Å²) in [6.07, 6.45) is -4.79. The predicted octanol–water partition coefficient (Wildman–Crippen LogP) is 5.43. The highest BCUT2D eigenvalue weighted by molar-refractivity contribution is 7.71. The number of rotatable bonds is 8. The average Bonchev–Trinajstić information content (AvgIpc) is 3.11. The predicted molar refractivity (Wildman–Crippen MR) is 121 cm³/mol. The highest BCUT2D eigenvalue weighted by Gasteiger charge is 2.34. The number of H-pyrrole nitrogens is 1. The monoisotopic (exact) mass is 478 g/mol. The van der Waals surface area contributed by atoms with E-state index in [9.17, 15) is 18.0 Å². The molecule has 0 saturated carbocycles. The second kappa shape index (κ2) is 10.2. The van der Waals surface area contributed by atoms with E-state index < -0.39 is 17.6 Å². The van der Waals surface area contributed by atoms with E-state index in [4.69, 9.17) is 17.0 Å². The van der Waals surface area contributed by atoms with Crippen LogP contribution >= 0.6 is 12.2 Å². The summed E-state index contributed by atoms with van der Waals surface area (Å²) in [6, 6.07) is 11.4. The lowest BCUT2D eigenvalue weighted by atomic mass is 10.1. The van der Waals surface area contributed by atoms with Gasteiger partial charge in [-0.15, -0.1) is 0 Å². The summed E-state index contributed by atoms with van der Waals surface area (Å²) in [5.41, 5.74) is 1.07. The maximum Gasteiger partial charge on any atom is 0.416 e. The number of carbonyl (C=O) groups excluding carboxylic acids is 1. The third kappa shape index (κ3) is 6.44. The minimum atomic E-state index is -4.57. The van der Waals surface area contributed by atoms with Gasteiger partial charge in [0.2, 0.25) is 5.91 Å². The number of alkyl halides is 3. The zero-order valence-electron chi connectivity index (χ0n) is 18.5. The zero-order chi connectivity index (χ0) is 24.2. The number of carbonyl (C=O) groups is 1. The lowest BCUT2D eigenvalue weighted by Gasteiger charge is -2.17. The molecule has 6 nitrogen and oxygen atoms in total. The number of amides is 1. The average molecular weight is 479 g/mol. The fourth-order valence-corrected chi connectivity index (χ4v) is 3.49. The van der Waals surface area contributed by atoms with Crippen molar-refractivity contribution < 1.29 is 22.7 Å². The third-order valence-corrected chi connectivity index (χ3v) is 5.18. The molecule has 3 aromatic rings. The summed E-state index contributed by atoms with van der Waals surface area (Å²) in [5.74, 6) is 0.321. The topological polar surface area (TPSA) is 71.9 Å². The Balaban J connectivity index is 1.67. The van der Waals surface area contributed by atoms with Gasteiger partial charge in [0, 0.05) is 25.1 Å². The van der Waals surface area contributed by atoms with Gasteiger partial charge in [-0.1, -0.05) is 35.9 Å². The molecular formula is C23H25F3N4O2S. The van der Waals surface area contributed by atoms with Crippen molar-refractivity contribution in [1.82, 2.24) is 20.1 Å². The van der Waals surface area contributed by atoms with Gasteiger partial charge in [-0.3, -0.25) is 14.5 Å². The number of hydrogen-bond donors (Lipinski definition) is 2. The number of halogens is 3. The van der Waals surface area contributed by atoms with Crippen molar-refractivity contribution >= 4 is 18.1 Å². The number of hydrogen-bond acceptors (Lipinski definition) is 4. The Labute approximate surface area is 194 Å². The highest BCUT2D eigenvalue weighted by atomic mass is 32.1. The van der Waals surface area contributed by atoms with Crippen LogP contribution in [0.2, 0.25) is 0 Å². The van der Waals surface area contributed by atoms with E-state index in [0.717, 1.165) is 17.2 Å². The van der Waals surface area contributed by atoms with Gasteiger partial charge in [0.25, 0.3) is 0 Å². The first-order valence-corrected chi connectivity index (χ1v) is 10.8. The molecular weight excluding hydrogens is 453 g/mol. The van der Waals surface area contributed by atoms with E-state index in [1.54, 1.807) is 18.4 Å². The van der Waals surface area contributed by atoms with Gasteiger partial charge in [-0.25, -0.2) is 0 Å². The molecule has 10 heteroatoms. The molecule has 0 spiro atoms. The van der Waals surface area contributed by atoms with Crippen LogP contribution in [0.3, 0.4) is 0 Å². The Morgan fingerprint density at radius 1 is 1.21 bits per heavy atom. The van der Waals surface area contributed by atoms with Crippen LogP contribution in [0.5, 0.6) is 5.75 Å². The maximum atomic E-state index is 13.5. The molecule has 0 bridgehead atoms. The van der Waals surface area contributed by atoms with Crippen LogP contribution in [0.25, 0.3) is 11.4 Å². The van der Waals surface area contributed by atoms with Gasteiger partial charge in [0.1, 0.15) is 5.75 Å². The Hall–Kier alpha value is -3.14. The molecule has 1 amide bonds. The van der Waals surface area contributed by atoms with E-state index in [1.165, 1.54) is 12.1 Å². The molecule has 1 aromatic heterocycles. The van der Waals surface area contributed by atoms with Gasteiger partial charge < -0.3 is 10.1 Å². The van der Waals surface area contributed by atoms with Gasteiger partial charge in [0.15, 0.2) is 10.6 Å². The van der Waals surface area contributed by atoms with Crippen molar-refractivity contribution in [1.29, 1.82) is 0 Å². The quantitative estimate of drug-likeness (QED) is 0.424. The standard InChI is InChI=1S/C23H25F3N4O2S/c1-14(2)32-18-9-8-17(19(12-18)23(24,25)26)13-27-20(31)10-11-30-21(28-29-22(30)33)16-6-4-15(3)5-7-16/h4-9,12,14H,10-11,13H2,1-3H3,(H,27,31)(H,29,33). The zero-order valence-corrected chi connectivity index (χ0v) is 19.3. The van der Waals surface area contributed by atoms with Crippen LogP contribution in [0.15, 0.2) is 42.5 Å². The van der Waals surface area contributed by atoms with Crippen LogP contribution in [-0.4, -0.2) is 26.8 Å². The fourth-order valence-electron chi connectivity index (χ4n) is 3.26. The van der Waals surface area contributed by atoms with Crippen LogP contribution in [0.1, 0.15) is 37.0 Å². The first-order valence-electron chi connectivity index (χ1n) is 10.4. The summed E-state index contributed by atoms with van der Waals surface area (Å²) < 4.78 is 47.9. The molecule has 2 N–H and O–H groups in total. The minimum absolute atomic E-state index is 0.0304. The smallest absolute Gasteiger partial charge is 0.416 e. The molecule has 2 aromatic carbocycles. The molecule has 176 valence electrons. The van der Waals surface area contributed by atoms with Crippen molar-refractivity contribution in [2.24, 2.45) is 0 Å². The molecule has 0 atom stereocenters. The first kappa shape index (κ1) is 24.5. The van der Waals surface area contributed by atoms with Gasteiger partial charge in [-0.2, -0.15) is 18.3 Å². The first-order chi connectivity index (χ1) is 15.5. The highest BCUT2D eigenvalue weighted by Crippen LogP contribution is 2.34. The Morgan fingerprint density at radius 2 is 1.91 bits per heavy atom. The number of aromatic amines is 1. The largest absolute Gasteiger partial charge is 0.491 e. The van der Waals surface area contributed by atoms with Gasteiger partial charge in [-0.05, 0) is 50.7 Å².